The lowest BCUT2D eigenvalue weighted by Gasteiger charge is -2.36. The Kier molecular flexibility index (Phi) is 5.63. The number of aryl methyl sites for hydroxylation is 1. The number of rotatable bonds is 3. The molecule has 3 rings (SSSR count). The second kappa shape index (κ2) is 8.12. The Labute approximate surface area is 164 Å². The quantitative estimate of drug-likeness (QED) is 0.792. The van der Waals surface area contributed by atoms with Gasteiger partial charge >= 0.3 is 11.8 Å². The Bertz CT molecular complexity index is 918. The van der Waals surface area contributed by atoms with Crippen molar-refractivity contribution in [3.8, 4) is 0 Å². The highest BCUT2D eigenvalue weighted by Crippen LogP contribution is 2.24. The summed E-state index contributed by atoms with van der Waals surface area (Å²) in [5, 5.41) is 2.50. The molecule has 3 N–H and O–H groups in total. The summed E-state index contributed by atoms with van der Waals surface area (Å²) in [7, 11) is 0. The molecule has 0 radical (unpaired) electrons. The highest BCUT2D eigenvalue weighted by molar-refractivity contribution is 6.39. The van der Waals surface area contributed by atoms with Gasteiger partial charge in [0, 0.05) is 31.9 Å². The van der Waals surface area contributed by atoms with Gasteiger partial charge in [-0.15, -0.1) is 0 Å². The summed E-state index contributed by atoms with van der Waals surface area (Å²) in [6, 6.07) is 12.5. The van der Waals surface area contributed by atoms with Gasteiger partial charge in [0.15, 0.2) is 0 Å². The van der Waals surface area contributed by atoms with E-state index in [1.807, 2.05) is 6.07 Å². The molecule has 0 aliphatic carbocycles. The van der Waals surface area contributed by atoms with Crippen molar-refractivity contribution in [1.29, 1.82) is 0 Å². The van der Waals surface area contributed by atoms with Gasteiger partial charge < -0.3 is 20.9 Å². The Morgan fingerprint density at radius 2 is 1.61 bits per heavy atom. The molecule has 0 unspecified atom stereocenters. The summed E-state index contributed by atoms with van der Waals surface area (Å²) in [5.74, 6) is -2.04. The van der Waals surface area contributed by atoms with Crippen LogP contribution in [0.3, 0.4) is 0 Å². The van der Waals surface area contributed by atoms with Crippen LogP contribution in [0, 0.1) is 13.8 Å². The van der Waals surface area contributed by atoms with Gasteiger partial charge in [0.25, 0.3) is 5.91 Å². The first-order chi connectivity index (χ1) is 13.4. The zero-order valence-corrected chi connectivity index (χ0v) is 16.1. The first kappa shape index (κ1) is 19.4. The Hall–Kier alpha value is -3.35. The van der Waals surface area contributed by atoms with Crippen LogP contribution < -0.4 is 16.0 Å². The van der Waals surface area contributed by atoms with Gasteiger partial charge in [0.2, 0.25) is 0 Å². The summed E-state index contributed by atoms with van der Waals surface area (Å²) in [6.45, 7) is 6.38. The van der Waals surface area contributed by atoms with Gasteiger partial charge in [0.05, 0.1) is 11.3 Å². The number of hydrogen-bond acceptors (Lipinski definition) is 4. The molecule has 1 fully saturated rings. The second-order valence-corrected chi connectivity index (χ2v) is 6.86. The van der Waals surface area contributed by atoms with Gasteiger partial charge in [-0.25, -0.2) is 0 Å². The number of para-hydroxylation sites is 1. The number of carbonyl (C=O) groups is 3. The number of carbonyl (C=O) groups excluding carboxylic acids is 3. The van der Waals surface area contributed by atoms with Gasteiger partial charge in [-0.3, -0.25) is 14.4 Å². The number of nitrogens with two attached hydrogens (primary N) is 1. The maximum Gasteiger partial charge on any atom is 0.313 e. The molecular formula is C21H24N4O3. The van der Waals surface area contributed by atoms with E-state index in [1.54, 1.807) is 18.2 Å². The average molecular weight is 380 g/mol. The fourth-order valence-corrected chi connectivity index (χ4v) is 3.35. The maximum absolute atomic E-state index is 12.5. The summed E-state index contributed by atoms with van der Waals surface area (Å²) < 4.78 is 0. The summed E-state index contributed by atoms with van der Waals surface area (Å²) in [4.78, 5) is 40.1. The highest BCUT2D eigenvalue weighted by Gasteiger charge is 2.27. The molecule has 1 heterocycles. The second-order valence-electron chi connectivity index (χ2n) is 6.86. The van der Waals surface area contributed by atoms with Crippen molar-refractivity contribution < 1.29 is 14.4 Å². The van der Waals surface area contributed by atoms with Crippen molar-refractivity contribution in [2.45, 2.75) is 13.8 Å². The normalized spacial score (nSPS) is 13.9. The Balaban J connectivity index is 1.63. The lowest BCUT2D eigenvalue weighted by Crippen LogP contribution is -2.51. The number of hydrogen-bond donors (Lipinski definition) is 2. The molecule has 0 spiro atoms. The number of piperazine rings is 1. The Morgan fingerprint density at radius 3 is 2.29 bits per heavy atom. The van der Waals surface area contributed by atoms with Crippen LogP contribution in [0.15, 0.2) is 42.5 Å². The summed E-state index contributed by atoms with van der Waals surface area (Å²) in [6.07, 6.45) is 0. The molecule has 2 aromatic carbocycles. The topological polar surface area (TPSA) is 95.7 Å². The molecule has 146 valence electrons. The van der Waals surface area contributed by atoms with Crippen LogP contribution in [0.1, 0.15) is 21.5 Å². The van der Waals surface area contributed by atoms with Crippen molar-refractivity contribution in [3.63, 3.8) is 0 Å². The predicted molar refractivity (Wildman–Crippen MR) is 108 cm³/mol. The molecule has 1 aliphatic heterocycles. The molecular weight excluding hydrogens is 356 g/mol. The largest absolute Gasteiger partial charge is 0.368 e. The maximum atomic E-state index is 12.5. The van der Waals surface area contributed by atoms with Crippen molar-refractivity contribution in [3.05, 3.63) is 59.2 Å². The molecule has 7 nitrogen and oxygen atoms in total. The molecule has 1 aliphatic rings. The van der Waals surface area contributed by atoms with Crippen LogP contribution >= 0.6 is 0 Å². The third-order valence-corrected chi connectivity index (χ3v) is 5.12. The standard InChI is InChI=1S/C21H24N4O3/c1-14-6-5-9-18(15(14)2)24-10-12-25(13-11-24)21(28)20(27)23-17-8-4-3-7-16(17)19(22)26/h3-9H,10-13H2,1-2H3,(H2,22,26)(H,23,27). The van der Waals surface area contributed by atoms with E-state index in [0.29, 0.717) is 26.2 Å². The average Bonchev–Trinajstić information content (AvgIpc) is 2.70. The number of benzene rings is 2. The molecule has 3 amide bonds. The molecule has 0 saturated carbocycles. The number of primary amides is 1. The molecule has 28 heavy (non-hydrogen) atoms. The number of anilines is 2. The van der Waals surface area contributed by atoms with Gasteiger partial charge in [-0.1, -0.05) is 24.3 Å². The van der Waals surface area contributed by atoms with Crippen LogP contribution in [-0.2, 0) is 9.59 Å². The van der Waals surface area contributed by atoms with Crippen LogP contribution in [0.25, 0.3) is 0 Å². The lowest BCUT2D eigenvalue weighted by atomic mass is 10.1. The monoisotopic (exact) mass is 380 g/mol. The fourth-order valence-electron chi connectivity index (χ4n) is 3.35. The fraction of sp³-hybridized carbons (Fsp3) is 0.286. The summed E-state index contributed by atoms with van der Waals surface area (Å²) in [5.41, 5.74) is 9.33. The first-order valence-electron chi connectivity index (χ1n) is 9.18. The number of amides is 3. The van der Waals surface area contributed by atoms with E-state index in [0.717, 1.165) is 5.69 Å². The third kappa shape index (κ3) is 3.98. The molecule has 0 bridgehead atoms. The number of nitrogens with one attached hydrogen (secondary N) is 1. The number of nitrogens with zero attached hydrogens (tertiary/aromatic N) is 2. The smallest absolute Gasteiger partial charge is 0.313 e. The van der Waals surface area contributed by atoms with Crippen LogP contribution in [-0.4, -0.2) is 48.8 Å². The van der Waals surface area contributed by atoms with Crippen LogP contribution in [0.5, 0.6) is 0 Å². The molecule has 1 saturated heterocycles. The van der Waals surface area contributed by atoms with E-state index in [1.165, 1.54) is 22.1 Å². The highest BCUT2D eigenvalue weighted by atomic mass is 16.2. The van der Waals surface area contributed by atoms with E-state index in [2.05, 4.69) is 36.2 Å². The third-order valence-electron chi connectivity index (χ3n) is 5.12. The van der Waals surface area contributed by atoms with Crippen molar-refractivity contribution >= 4 is 29.1 Å². The summed E-state index contributed by atoms with van der Waals surface area (Å²) >= 11 is 0. The molecule has 7 heteroatoms. The zero-order chi connectivity index (χ0) is 20.3. The van der Waals surface area contributed by atoms with E-state index >= 15 is 0 Å². The van der Waals surface area contributed by atoms with Gasteiger partial charge in [-0.05, 0) is 43.2 Å². The van der Waals surface area contributed by atoms with E-state index in [-0.39, 0.29) is 11.3 Å². The van der Waals surface area contributed by atoms with Crippen molar-refractivity contribution in [1.82, 2.24) is 4.90 Å². The minimum atomic E-state index is -0.770. The van der Waals surface area contributed by atoms with Crippen molar-refractivity contribution in [2.75, 3.05) is 36.4 Å². The molecule has 2 aromatic rings. The van der Waals surface area contributed by atoms with Gasteiger partial charge in [-0.2, -0.15) is 0 Å². The minimum Gasteiger partial charge on any atom is -0.368 e. The van der Waals surface area contributed by atoms with E-state index < -0.39 is 17.7 Å². The van der Waals surface area contributed by atoms with E-state index in [4.69, 9.17) is 5.73 Å². The predicted octanol–water partition coefficient (Wildman–Crippen LogP) is 1.69. The van der Waals surface area contributed by atoms with Gasteiger partial charge in [0.1, 0.15) is 0 Å². The molecule has 0 aromatic heterocycles. The van der Waals surface area contributed by atoms with Crippen LogP contribution in [0.2, 0.25) is 0 Å². The SMILES string of the molecule is Cc1cccc(N2CCN(C(=O)C(=O)Nc3ccccc3C(N)=O)CC2)c1C. The minimum absolute atomic E-state index is 0.170. The van der Waals surface area contributed by atoms with Crippen LogP contribution in [0.4, 0.5) is 11.4 Å². The molecule has 0 atom stereocenters. The zero-order valence-electron chi connectivity index (χ0n) is 16.1. The Morgan fingerprint density at radius 1 is 0.929 bits per heavy atom. The lowest BCUT2D eigenvalue weighted by molar-refractivity contribution is -0.143. The van der Waals surface area contributed by atoms with E-state index in [9.17, 15) is 14.4 Å². The first-order valence-corrected chi connectivity index (χ1v) is 9.18. The van der Waals surface area contributed by atoms with Crippen molar-refractivity contribution in [2.24, 2.45) is 5.73 Å².